The van der Waals surface area contributed by atoms with Gasteiger partial charge in [-0.3, -0.25) is 10.1 Å². The van der Waals surface area contributed by atoms with Crippen LogP contribution in [-0.2, 0) is 0 Å². The van der Waals surface area contributed by atoms with Crippen LogP contribution in [-0.4, -0.2) is 16.0 Å². The van der Waals surface area contributed by atoms with E-state index >= 15 is 0 Å². The number of benzene rings is 2. The van der Waals surface area contributed by atoms with Crippen LogP contribution in [0.25, 0.3) is 0 Å². The molecule has 0 amide bonds. The van der Waals surface area contributed by atoms with Crippen molar-refractivity contribution in [3.8, 4) is 6.07 Å². The van der Waals surface area contributed by atoms with E-state index in [-0.39, 0.29) is 16.3 Å². The van der Waals surface area contributed by atoms with E-state index < -0.39 is 16.6 Å². The molecule has 2 N–H and O–H groups in total. The van der Waals surface area contributed by atoms with Gasteiger partial charge in [-0.25, -0.2) is 4.79 Å². The summed E-state index contributed by atoms with van der Waals surface area (Å²) in [5.41, 5.74) is -0.211. The van der Waals surface area contributed by atoms with Gasteiger partial charge in [-0.15, -0.1) is 0 Å². The van der Waals surface area contributed by atoms with E-state index in [0.29, 0.717) is 11.3 Å². The molecule has 0 aromatic heterocycles. The first kappa shape index (κ1) is 15.3. The Labute approximate surface area is 129 Å². The van der Waals surface area contributed by atoms with Crippen molar-refractivity contribution in [2.24, 2.45) is 0 Å². The fourth-order valence-corrected chi connectivity index (χ4v) is 2.06. The second-order valence-corrected chi connectivity index (χ2v) is 4.60. The molecular weight excluding hydrogens is 310 g/mol. The largest absolute Gasteiger partial charge is 0.478 e. The Balaban J connectivity index is 2.56. The maximum atomic E-state index is 11.3. The van der Waals surface area contributed by atoms with Crippen molar-refractivity contribution in [3.63, 3.8) is 0 Å². The molecule has 0 saturated carbocycles. The highest BCUT2D eigenvalue weighted by Gasteiger charge is 2.24. The molecule has 0 spiro atoms. The molecule has 0 bridgehead atoms. The number of aromatic carboxylic acids is 1. The van der Waals surface area contributed by atoms with Crippen molar-refractivity contribution in [2.75, 3.05) is 5.32 Å². The highest BCUT2D eigenvalue weighted by Crippen LogP contribution is 2.35. The number of nitrogens with one attached hydrogen (secondary N) is 1. The van der Waals surface area contributed by atoms with Crippen molar-refractivity contribution < 1.29 is 14.8 Å². The van der Waals surface area contributed by atoms with Crippen LogP contribution in [0.15, 0.2) is 36.4 Å². The Bertz CT molecular complexity index is 797. The maximum Gasteiger partial charge on any atom is 0.339 e. The lowest BCUT2D eigenvalue weighted by atomic mass is 10.1. The first-order chi connectivity index (χ1) is 10.4. The number of hydrogen-bond donors (Lipinski definition) is 2. The Morgan fingerprint density at radius 3 is 2.41 bits per heavy atom. The topological polar surface area (TPSA) is 116 Å². The monoisotopic (exact) mass is 317 g/mol. The summed E-state index contributed by atoms with van der Waals surface area (Å²) in [6.45, 7) is 0. The molecule has 7 nitrogen and oxygen atoms in total. The minimum atomic E-state index is -1.38. The van der Waals surface area contributed by atoms with E-state index in [1.807, 2.05) is 6.07 Å². The summed E-state index contributed by atoms with van der Waals surface area (Å²) in [5.74, 6) is -1.38. The smallest absolute Gasteiger partial charge is 0.339 e. The molecule has 2 rings (SSSR count). The first-order valence-corrected chi connectivity index (χ1v) is 6.29. The van der Waals surface area contributed by atoms with Gasteiger partial charge in [0.1, 0.15) is 11.3 Å². The summed E-state index contributed by atoms with van der Waals surface area (Å²) in [6, 6.07) is 10.2. The number of hydrogen-bond acceptors (Lipinski definition) is 5. The summed E-state index contributed by atoms with van der Waals surface area (Å²) < 4.78 is 0. The number of nitro groups is 1. The summed E-state index contributed by atoms with van der Waals surface area (Å²) >= 11 is 5.83. The maximum absolute atomic E-state index is 11.3. The SMILES string of the molecule is N#Cc1ccc(Nc2c([N+](=O)[O-])ccc(Cl)c2C(=O)O)cc1. The van der Waals surface area contributed by atoms with E-state index in [4.69, 9.17) is 16.9 Å². The molecule has 0 aliphatic heterocycles. The third kappa shape index (κ3) is 2.97. The van der Waals surface area contributed by atoms with Crippen molar-refractivity contribution in [1.29, 1.82) is 5.26 Å². The van der Waals surface area contributed by atoms with Crippen molar-refractivity contribution in [3.05, 3.63) is 62.7 Å². The van der Waals surface area contributed by atoms with E-state index in [1.165, 1.54) is 24.3 Å². The third-order valence-corrected chi connectivity index (χ3v) is 3.14. The predicted molar refractivity (Wildman–Crippen MR) is 79.5 cm³/mol. The number of nitrogens with zero attached hydrogens (tertiary/aromatic N) is 2. The fraction of sp³-hybridized carbons (Fsp3) is 0. The molecular formula is C14H8ClN3O4. The number of carbonyl (C=O) groups is 1. The standard InChI is InChI=1S/C14H8ClN3O4/c15-10-5-6-11(18(21)22)13(12(10)14(19)20)17-9-3-1-8(7-16)2-4-9/h1-6,17H,(H,19,20). The Hall–Kier alpha value is -3.11. The summed E-state index contributed by atoms with van der Waals surface area (Å²) in [7, 11) is 0. The zero-order valence-corrected chi connectivity index (χ0v) is 11.7. The number of carboxylic acid groups (broad SMARTS) is 1. The molecule has 0 unspecified atom stereocenters. The van der Waals surface area contributed by atoms with Gasteiger partial charge in [0.2, 0.25) is 0 Å². The van der Waals surface area contributed by atoms with Crippen molar-refractivity contribution in [1.82, 2.24) is 0 Å². The lowest BCUT2D eigenvalue weighted by Crippen LogP contribution is -2.07. The predicted octanol–water partition coefficient (Wildman–Crippen LogP) is 3.56. The highest BCUT2D eigenvalue weighted by molar-refractivity contribution is 6.34. The highest BCUT2D eigenvalue weighted by atomic mass is 35.5. The number of rotatable bonds is 4. The number of carboxylic acids is 1. The van der Waals surface area contributed by atoms with Gasteiger partial charge in [0.05, 0.1) is 21.6 Å². The zero-order chi connectivity index (χ0) is 16.3. The van der Waals surface area contributed by atoms with Gasteiger partial charge in [0.25, 0.3) is 5.69 Å². The quantitative estimate of drug-likeness (QED) is 0.657. The van der Waals surface area contributed by atoms with E-state index in [9.17, 15) is 20.0 Å². The van der Waals surface area contributed by atoms with Gasteiger partial charge in [-0.2, -0.15) is 5.26 Å². The van der Waals surface area contributed by atoms with Gasteiger partial charge in [0.15, 0.2) is 0 Å². The van der Waals surface area contributed by atoms with Gasteiger partial charge < -0.3 is 10.4 Å². The number of nitriles is 1. The number of halogens is 1. The van der Waals surface area contributed by atoms with Gasteiger partial charge in [-0.05, 0) is 30.3 Å². The molecule has 0 fully saturated rings. The van der Waals surface area contributed by atoms with Crippen LogP contribution in [0.2, 0.25) is 5.02 Å². The Kier molecular flexibility index (Phi) is 4.25. The Morgan fingerprint density at radius 2 is 1.91 bits per heavy atom. The minimum Gasteiger partial charge on any atom is -0.478 e. The fourth-order valence-electron chi connectivity index (χ4n) is 1.83. The molecule has 0 saturated heterocycles. The zero-order valence-electron chi connectivity index (χ0n) is 10.9. The molecule has 0 aliphatic rings. The van der Waals surface area contributed by atoms with E-state index in [2.05, 4.69) is 5.32 Å². The average molecular weight is 318 g/mol. The molecule has 2 aromatic rings. The number of anilines is 2. The van der Waals surface area contributed by atoms with E-state index in [0.717, 1.165) is 12.1 Å². The van der Waals surface area contributed by atoms with E-state index in [1.54, 1.807) is 0 Å². The summed E-state index contributed by atoms with van der Waals surface area (Å²) in [6.07, 6.45) is 0. The van der Waals surface area contributed by atoms with Gasteiger partial charge in [0, 0.05) is 11.8 Å². The van der Waals surface area contributed by atoms with Crippen LogP contribution in [0.5, 0.6) is 0 Å². The molecule has 110 valence electrons. The molecule has 0 heterocycles. The molecule has 0 atom stereocenters. The second kappa shape index (κ2) is 6.11. The molecule has 2 aromatic carbocycles. The van der Waals surface area contributed by atoms with Crippen molar-refractivity contribution in [2.45, 2.75) is 0 Å². The molecule has 0 aliphatic carbocycles. The van der Waals surface area contributed by atoms with Crippen LogP contribution in [0.3, 0.4) is 0 Å². The number of nitro benzene ring substituents is 1. The van der Waals surface area contributed by atoms with Crippen LogP contribution >= 0.6 is 11.6 Å². The van der Waals surface area contributed by atoms with Crippen molar-refractivity contribution >= 4 is 34.6 Å². The normalized spacial score (nSPS) is 9.82. The Morgan fingerprint density at radius 1 is 1.27 bits per heavy atom. The van der Waals surface area contributed by atoms with Gasteiger partial charge >= 0.3 is 5.97 Å². The average Bonchev–Trinajstić information content (AvgIpc) is 2.47. The third-order valence-electron chi connectivity index (χ3n) is 2.83. The lowest BCUT2D eigenvalue weighted by molar-refractivity contribution is -0.383. The second-order valence-electron chi connectivity index (χ2n) is 4.19. The summed E-state index contributed by atoms with van der Waals surface area (Å²) in [5, 5.41) is 31.6. The first-order valence-electron chi connectivity index (χ1n) is 5.91. The lowest BCUT2D eigenvalue weighted by Gasteiger charge is -2.11. The van der Waals surface area contributed by atoms with Gasteiger partial charge in [-0.1, -0.05) is 11.6 Å². The van der Waals surface area contributed by atoms with Crippen LogP contribution in [0.4, 0.5) is 17.1 Å². The minimum absolute atomic E-state index is 0.116. The van der Waals surface area contributed by atoms with Crippen LogP contribution in [0, 0.1) is 21.4 Å². The van der Waals surface area contributed by atoms with Crippen LogP contribution < -0.4 is 5.32 Å². The van der Waals surface area contributed by atoms with Crippen LogP contribution in [0.1, 0.15) is 15.9 Å². The summed E-state index contributed by atoms with van der Waals surface area (Å²) in [4.78, 5) is 21.7. The molecule has 8 heteroatoms. The molecule has 22 heavy (non-hydrogen) atoms. The molecule has 0 radical (unpaired) electrons.